The molecule has 0 saturated carbocycles. The lowest BCUT2D eigenvalue weighted by molar-refractivity contribution is 0.704. The fourth-order valence-corrected chi connectivity index (χ4v) is 0.882. The van der Waals surface area contributed by atoms with Gasteiger partial charge in [0, 0.05) is 7.05 Å². The second-order valence-electron chi connectivity index (χ2n) is 1.84. The van der Waals surface area contributed by atoms with E-state index in [4.69, 9.17) is 5.73 Å². The first-order valence-corrected chi connectivity index (χ1v) is 3.39. The Balaban J connectivity index is 3.50. The van der Waals surface area contributed by atoms with Gasteiger partial charge in [-0.15, -0.1) is 0 Å². The average Bonchev–Trinajstić information content (AvgIpc) is 1.93. The van der Waals surface area contributed by atoms with E-state index in [-0.39, 0.29) is 5.56 Å². The quantitative estimate of drug-likeness (QED) is 0.653. The molecule has 10 heavy (non-hydrogen) atoms. The summed E-state index contributed by atoms with van der Waals surface area (Å²) in [5, 5.41) is 3.69. The van der Waals surface area contributed by atoms with Crippen LogP contribution in [0.5, 0.6) is 0 Å². The molecule has 0 fully saturated rings. The number of halogens is 1. The molecule has 54 valence electrons. The van der Waals surface area contributed by atoms with E-state index in [1.807, 2.05) is 0 Å². The monoisotopic (exact) mass is 203 g/mol. The summed E-state index contributed by atoms with van der Waals surface area (Å²) in [6.07, 6.45) is 1.42. The van der Waals surface area contributed by atoms with Crippen LogP contribution in [-0.4, -0.2) is 9.78 Å². The maximum atomic E-state index is 11.0. The molecule has 0 aliphatic heterocycles. The summed E-state index contributed by atoms with van der Waals surface area (Å²) in [5.41, 5.74) is 5.51. The molecule has 0 bridgehead atoms. The minimum atomic E-state index is -0.222. The highest BCUT2D eigenvalue weighted by Crippen LogP contribution is 2.09. The molecule has 0 atom stereocenters. The number of nitrogens with two attached hydrogens (primary N) is 1. The van der Waals surface area contributed by atoms with Crippen molar-refractivity contribution in [1.29, 1.82) is 0 Å². The van der Waals surface area contributed by atoms with Gasteiger partial charge in [-0.1, -0.05) is 0 Å². The van der Waals surface area contributed by atoms with Gasteiger partial charge in [0.2, 0.25) is 0 Å². The highest BCUT2D eigenvalue weighted by Gasteiger charge is 2.01. The summed E-state index contributed by atoms with van der Waals surface area (Å²) in [7, 11) is 1.56. The Hall–Kier alpha value is -0.840. The van der Waals surface area contributed by atoms with Crippen LogP contribution in [-0.2, 0) is 7.05 Å². The van der Waals surface area contributed by atoms with Crippen LogP contribution < -0.4 is 11.3 Å². The second-order valence-corrected chi connectivity index (χ2v) is 2.64. The molecule has 4 nitrogen and oxygen atoms in total. The van der Waals surface area contributed by atoms with Crippen molar-refractivity contribution in [2.45, 2.75) is 0 Å². The summed E-state index contributed by atoms with van der Waals surface area (Å²) in [4.78, 5) is 11.0. The molecular formula is C5H6BrN3O. The number of nitrogen functional groups attached to an aromatic ring is 1. The van der Waals surface area contributed by atoms with Gasteiger partial charge in [-0.2, -0.15) is 5.10 Å². The summed E-state index contributed by atoms with van der Waals surface area (Å²) in [6, 6.07) is 0. The van der Waals surface area contributed by atoms with Crippen LogP contribution in [0.3, 0.4) is 0 Å². The number of rotatable bonds is 0. The predicted octanol–water partition coefficient (Wildman–Crippen LogP) is 0.125. The minimum Gasteiger partial charge on any atom is -0.396 e. The SMILES string of the molecule is Cn1ncc(N)c(Br)c1=O. The van der Waals surface area contributed by atoms with Crippen molar-refractivity contribution in [3.05, 3.63) is 21.0 Å². The number of nitrogens with zero attached hydrogens (tertiary/aromatic N) is 2. The molecule has 0 radical (unpaired) electrons. The Bertz CT molecular complexity index is 306. The Morgan fingerprint density at radius 1 is 1.80 bits per heavy atom. The van der Waals surface area contributed by atoms with Crippen molar-refractivity contribution in [2.24, 2.45) is 7.05 Å². The lowest BCUT2D eigenvalue weighted by Crippen LogP contribution is -2.20. The van der Waals surface area contributed by atoms with E-state index in [0.29, 0.717) is 10.2 Å². The summed E-state index contributed by atoms with van der Waals surface area (Å²) in [5.74, 6) is 0. The molecule has 0 aromatic carbocycles. The molecule has 1 rings (SSSR count). The third-order valence-corrected chi connectivity index (χ3v) is 1.90. The van der Waals surface area contributed by atoms with E-state index in [1.165, 1.54) is 10.9 Å². The second kappa shape index (κ2) is 2.42. The van der Waals surface area contributed by atoms with E-state index >= 15 is 0 Å². The molecule has 5 heteroatoms. The number of aryl methyl sites for hydroxylation is 1. The Morgan fingerprint density at radius 3 is 2.90 bits per heavy atom. The first kappa shape index (κ1) is 7.27. The smallest absolute Gasteiger partial charge is 0.282 e. The van der Waals surface area contributed by atoms with Crippen LogP contribution in [0.1, 0.15) is 0 Å². The number of aromatic nitrogens is 2. The van der Waals surface area contributed by atoms with Crippen LogP contribution in [0.15, 0.2) is 15.5 Å². The van der Waals surface area contributed by atoms with Gasteiger partial charge in [-0.25, -0.2) is 4.68 Å². The van der Waals surface area contributed by atoms with Gasteiger partial charge < -0.3 is 5.73 Å². The standard InChI is InChI=1S/C5H6BrN3O/c1-9-5(10)4(6)3(7)2-8-9/h2H,7H2,1H3. The topological polar surface area (TPSA) is 60.9 Å². The van der Waals surface area contributed by atoms with Crippen LogP contribution in [0.4, 0.5) is 5.69 Å². The molecule has 0 saturated heterocycles. The number of hydrogen-bond acceptors (Lipinski definition) is 3. The lowest BCUT2D eigenvalue weighted by atomic mass is 10.5. The van der Waals surface area contributed by atoms with Crippen LogP contribution in [0.2, 0.25) is 0 Å². The van der Waals surface area contributed by atoms with Crippen molar-refractivity contribution >= 4 is 21.6 Å². The zero-order chi connectivity index (χ0) is 7.72. The van der Waals surface area contributed by atoms with E-state index < -0.39 is 0 Å². The third kappa shape index (κ3) is 1.04. The lowest BCUT2D eigenvalue weighted by Gasteiger charge is -1.97. The molecule has 0 amide bonds. The Labute approximate surface area is 65.8 Å². The fourth-order valence-electron chi connectivity index (χ4n) is 0.523. The minimum absolute atomic E-state index is 0.222. The van der Waals surface area contributed by atoms with Gasteiger partial charge in [0.25, 0.3) is 5.56 Å². The van der Waals surface area contributed by atoms with Gasteiger partial charge in [0.05, 0.1) is 11.9 Å². The van der Waals surface area contributed by atoms with Crippen LogP contribution >= 0.6 is 15.9 Å². The maximum absolute atomic E-state index is 11.0. The molecule has 0 aliphatic carbocycles. The van der Waals surface area contributed by atoms with Gasteiger partial charge >= 0.3 is 0 Å². The molecule has 0 aliphatic rings. The zero-order valence-electron chi connectivity index (χ0n) is 5.34. The Morgan fingerprint density at radius 2 is 2.40 bits per heavy atom. The summed E-state index contributed by atoms with van der Waals surface area (Å²) < 4.78 is 1.57. The highest BCUT2D eigenvalue weighted by atomic mass is 79.9. The first-order valence-electron chi connectivity index (χ1n) is 2.60. The molecular weight excluding hydrogens is 198 g/mol. The number of anilines is 1. The van der Waals surface area contributed by atoms with Crippen molar-refractivity contribution in [3.63, 3.8) is 0 Å². The van der Waals surface area contributed by atoms with Gasteiger partial charge in [0.1, 0.15) is 4.47 Å². The Kier molecular flexibility index (Phi) is 1.76. The van der Waals surface area contributed by atoms with E-state index in [0.717, 1.165) is 0 Å². The van der Waals surface area contributed by atoms with Crippen molar-refractivity contribution < 1.29 is 0 Å². The largest absolute Gasteiger partial charge is 0.396 e. The molecule has 1 heterocycles. The van der Waals surface area contributed by atoms with Crippen molar-refractivity contribution in [3.8, 4) is 0 Å². The van der Waals surface area contributed by atoms with Crippen LogP contribution in [0, 0.1) is 0 Å². The van der Waals surface area contributed by atoms with Crippen molar-refractivity contribution in [1.82, 2.24) is 9.78 Å². The van der Waals surface area contributed by atoms with E-state index in [2.05, 4.69) is 21.0 Å². The predicted molar refractivity (Wildman–Crippen MR) is 41.6 cm³/mol. The van der Waals surface area contributed by atoms with E-state index in [1.54, 1.807) is 7.05 Å². The van der Waals surface area contributed by atoms with E-state index in [9.17, 15) is 4.79 Å². The van der Waals surface area contributed by atoms with Crippen LogP contribution in [0.25, 0.3) is 0 Å². The zero-order valence-corrected chi connectivity index (χ0v) is 6.92. The van der Waals surface area contributed by atoms with Gasteiger partial charge in [-0.05, 0) is 15.9 Å². The van der Waals surface area contributed by atoms with Gasteiger partial charge in [0.15, 0.2) is 0 Å². The third-order valence-electron chi connectivity index (χ3n) is 1.11. The summed E-state index contributed by atoms with van der Waals surface area (Å²) >= 11 is 3.03. The molecule has 0 unspecified atom stereocenters. The molecule has 2 N–H and O–H groups in total. The maximum Gasteiger partial charge on any atom is 0.282 e. The molecule has 0 spiro atoms. The average molecular weight is 204 g/mol. The fraction of sp³-hybridized carbons (Fsp3) is 0.200. The number of hydrogen-bond donors (Lipinski definition) is 1. The molecule has 1 aromatic heterocycles. The summed E-state index contributed by atoms with van der Waals surface area (Å²) in [6.45, 7) is 0. The highest BCUT2D eigenvalue weighted by molar-refractivity contribution is 9.10. The molecule has 1 aromatic rings. The van der Waals surface area contributed by atoms with Crippen molar-refractivity contribution in [2.75, 3.05) is 5.73 Å². The van der Waals surface area contributed by atoms with Gasteiger partial charge in [-0.3, -0.25) is 4.79 Å². The normalized spacial score (nSPS) is 9.80. The first-order chi connectivity index (χ1) is 4.63.